The zero-order chi connectivity index (χ0) is 20.0. The van der Waals surface area contributed by atoms with Crippen LogP contribution in [0.1, 0.15) is 63.4 Å². The molecule has 5 aliphatic rings. The van der Waals surface area contributed by atoms with Gasteiger partial charge in [0.05, 0.1) is 13.2 Å². The van der Waals surface area contributed by atoms with Crippen molar-refractivity contribution < 1.29 is 14.6 Å². The van der Waals surface area contributed by atoms with Gasteiger partial charge in [0.2, 0.25) is 0 Å². The molecule has 1 N–H and O–H groups in total. The molecule has 3 fully saturated rings. The van der Waals surface area contributed by atoms with Crippen molar-refractivity contribution in [1.82, 2.24) is 0 Å². The summed E-state index contributed by atoms with van der Waals surface area (Å²) >= 11 is 2.03. The van der Waals surface area contributed by atoms with Gasteiger partial charge in [-0.15, -0.1) is 11.8 Å². The summed E-state index contributed by atoms with van der Waals surface area (Å²) in [5.74, 6) is 3.56. The van der Waals surface area contributed by atoms with E-state index >= 15 is 0 Å². The number of ketones is 1. The van der Waals surface area contributed by atoms with Gasteiger partial charge in [-0.3, -0.25) is 4.79 Å². The number of methoxy groups -OCH3 is 1. The number of carbonyl (C=O) groups excluding carboxylic acids is 1. The lowest BCUT2D eigenvalue weighted by Crippen LogP contribution is -2.58. The summed E-state index contributed by atoms with van der Waals surface area (Å²) < 4.78 is 5.62. The molecule has 0 saturated heterocycles. The normalized spacial score (nSPS) is 44.9. The van der Waals surface area contributed by atoms with Crippen molar-refractivity contribution in [2.24, 2.45) is 23.2 Å². The smallest absolute Gasteiger partial charge is 0.155 e. The van der Waals surface area contributed by atoms with Crippen LogP contribution in [-0.4, -0.2) is 28.9 Å². The van der Waals surface area contributed by atoms with Crippen LogP contribution in [0.2, 0.25) is 0 Å². The van der Waals surface area contributed by atoms with Gasteiger partial charge in [-0.2, -0.15) is 0 Å². The van der Waals surface area contributed by atoms with Gasteiger partial charge >= 0.3 is 0 Å². The third-order valence-electron chi connectivity index (χ3n) is 9.25. The number of benzene rings is 1. The number of aliphatic hydroxyl groups is 1. The molecule has 3 saturated carbocycles. The topological polar surface area (TPSA) is 46.5 Å². The summed E-state index contributed by atoms with van der Waals surface area (Å²) in [6.45, 7) is 2.36. The molecule has 154 valence electrons. The van der Waals surface area contributed by atoms with Gasteiger partial charge in [0.25, 0.3) is 0 Å². The van der Waals surface area contributed by atoms with Crippen molar-refractivity contribution in [3.63, 3.8) is 0 Å². The minimum atomic E-state index is -0.175. The Balaban J connectivity index is 1.56. The van der Waals surface area contributed by atoms with Gasteiger partial charge in [0, 0.05) is 16.1 Å². The van der Waals surface area contributed by atoms with E-state index in [-0.39, 0.29) is 16.3 Å². The molecular formula is C25H30O3S. The summed E-state index contributed by atoms with van der Waals surface area (Å²) in [7, 11) is 1.73. The fourth-order valence-corrected chi connectivity index (χ4v) is 9.88. The number of thioether (sulfide) groups is 1. The van der Waals surface area contributed by atoms with Crippen LogP contribution in [0.25, 0.3) is 0 Å². The van der Waals surface area contributed by atoms with E-state index < -0.39 is 0 Å². The molecule has 1 unspecified atom stereocenters. The van der Waals surface area contributed by atoms with E-state index in [1.165, 1.54) is 28.9 Å². The SMILES string of the molecule is COc1ccc2c(c1)S[C@]13CCC(=O)C=C1CC[C@@H]1C3[C@@H]2C[C@]2(C)[C@@H](O)CC[C@@H]12. The highest BCUT2D eigenvalue weighted by Crippen LogP contribution is 2.72. The Bertz CT molecular complexity index is 923. The summed E-state index contributed by atoms with van der Waals surface area (Å²) in [5, 5.41) is 11.0. The minimum absolute atomic E-state index is 0.0257. The lowest BCUT2D eigenvalue weighted by molar-refractivity contribution is -0.116. The zero-order valence-electron chi connectivity index (χ0n) is 17.3. The van der Waals surface area contributed by atoms with Gasteiger partial charge in [-0.1, -0.05) is 13.0 Å². The second-order valence-electron chi connectivity index (χ2n) is 10.3. The van der Waals surface area contributed by atoms with Crippen molar-refractivity contribution in [2.75, 3.05) is 7.11 Å². The minimum Gasteiger partial charge on any atom is -0.497 e. The Morgan fingerprint density at radius 1 is 1.21 bits per heavy atom. The van der Waals surface area contributed by atoms with Crippen LogP contribution in [0.5, 0.6) is 5.75 Å². The van der Waals surface area contributed by atoms with E-state index in [9.17, 15) is 9.90 Å². The average molecular weight is 411 g/mol. The van der Waals surface area contributed by atoms with E-state index in [0.717, 1.165) is 31.4 Å². The maximum absolute atomic E-state index is 12.3. The Morgan fingerprint density at radius 2 is 2.07 bits per heavy atom. The van der Waals surface area contributed by atoms with Gasteiger partial charge in [-0.25, -0.2) is 0 Å². The molecule has 0 amide bonds. The molecule has 0 radical (unpaired) electrons. The largest absolute Gasteiger partial charge is 0.497 e. The van der Waals surface area contributed by atoms with Crippen LogP contribution >= 0.6 is 11.8 Å². The molecule has 4 heteroatoms. The van der Waals surface area contributed by atoms with E-state index in [4.69, 9.17) is 4.74 Å². The van der Waals surface area contributed by atoms with E-state index in [1.807, 2.05) is 17.8 Å². The number of carbonyl (C=O) groups is 1. The monoisotopic (exact) mass is 410 g/mol. The third-order valence-corrected chi connectivity index (χ3v) is 10.9. The number of ether oxygens (including phenoxy) is 1. The fourth-order valence-electron chi connectivity index (χ4n) is 8.00. The van der Waals surface area contributed by atoms with Crippen LogP contribution in [-0.2, 0) is 4.79 Å². The van der Waals surface area contributed by atoms with Gasteiger partial charge in [0.15, 0.2) is 5.78 Å². The predicted molar refractivity (Wildman–Crippen MR) is 114 cm³/mol. The molecule has 1 spiro atoms. The van der Waals surface area contributed by atoms with Gasteiger partial charge < -0.3 is 9.84 Å². The Hall–Kier alpha value is -1.26. The maximum atomic E-state index is 12.3. The number of fused-ring (bicyclic) bond motifs is 4. The summed E-state index contributed by atoms with van der Waals surface area (Å²) in [5.41, 5.74) is 2.88. The van der Waals surface area contributed by atoms with Crippen LogP contribution in [0, 0.1) is 23.2 Å². The van der Waals surface area contributed by atoms with Gasteiger partial charge in [-0.05, 0) is 97.0 Å². The standard InChI is InChI=1S/C25H30O3S/c1-24-13-19-17-6-4-16(28-2)12-21(17)29-25-10-9-15(26)11-14(25)3-5-18(23(19)25)20(24)7-8-22(24)27/h4,6,11-12,18-20,22-23,27H,3,5,7-10,13H2,1-2H3/t18-,19+,20-,22-,23?,24-,25+/m0/s1. The van der Waals surface area contributed by atoms with Crippen molar-refractivity contribution in [1.29, 1.82) is 0 Å². The fraction of sp³-hybridized carbons (Fsp3) is 0.640. The number of rotatable bonds is 1. The molecule has 1 heterocycles. The van der Waals surface area contributed by atoms with E-state index in [2.05, 4.69) is 25.1 Å². The van der Waals surface area contributed by atoms with Crippen LogP contribution < -0.4 is 4.74 Å². The molecule has 6 rings (SSSR count). The second kappa shape index (κ2) is 6.13. The van der Waals surface area contributed by atoms with Crippen molar-refractivity contribution in [3.8, 4) is 5.75 Å². The van der Waals surface area contributed by atoms with Crippen LogP contribution in [0.3, 0.4) is 0 Å². The highest BCUT2D eigenvalue weighted by Gasteiger charge is 2.65. The molecule has 0 aromatic heterocycles. The highest BCUT2D eigenvalue weighted by molar-refractivity contribution is 8.01. The molecule has 1 aromatic carbocycles. The van der Waals surface area contributed by atoms with Crippen molar-refractivity contribution in [3.05, 3.63) is 35.4 Å². The Kier molecular flexibility index (Phi) is 3.91. The number of aliphatic hydroxyl groups excluding tert-OH is 1. The zero-order valence-corrected chi connectivity index (χ0v) is 18.1. The average Bonchev–Trinajstić information content (AvgIpc) is 3.02. The summed E-state index contributed by atoms with van der Waals surface area (Å²) in [4.78, 5) is 13.7. The first-order chi connectivity index (χ1) is 14.0. The lowest BCUT2D eigenvalue weighted by Gasteiger charge is -2.63. The molecule has 1 aromatic rings. The molecule has 0 bridgehead atoms. The molecule has 7 atom stereocenters. The van der Waals surface area contributed by atoms with Crippen LogP contribution in [0.4, 0.5) is 0 Å². The Morgan fingerprint density at radius 3 is 2.90 bits per heavy atom. The maximum Gasteiger partial charge on any atom is 0.155 e. The first-order valence-corrected chi connectivity index (χ1v) is 12.1. The van der Waals surface area contributed by atoms with Crippen molar-refractivity contribution in [2.45, 2.75) is 73.5 Å². The molecular weight excluding hydrogens is 380 g/mol. The lowest BCUT2D eigenvalue weighted by atomic mass is 9.47. The molecule has 4 aliphatic carbocycles. The third kappa shape index (κ3) is 2.33. The number of hydrogen-bond acceptors (Lipinski definition) is 4. The molecule has 3 nitrogen and oxygen atoms in total. The van der Waals surface area contributed by atoms with Gasteiger partial charge in [0.1, 0.15) is 5.75 Å². The highest BCUT2D eigenvalue weighted by atomic mass is 32.2. The molecule has 1 aliphatic heterocycles. The second-order valence-corrected chi connectivity index (χ2v) is 11.6. The van der Waals surface area contributed by atoms with Crippen molar-refractivity contribution >= 4 is 17.5 Å². The Labute approximate surface area is 177 Å². The predicted octanol–water partition coefficient (Wildman–Crippen LogP) is 5.12. The van der Waals surface area contributed by atoms with Crippen LogP contribution in [0.15, 0.2) is 34.7 Å². The first-order valence-electron chi connectivity index (χ1n) is 11.3. The first kappa shape index (κ1) is 18.5. The number of hydrogen-bond donors (Lipinski definition) is 1. The van der Waals surface area contributed by atoms with E-state index in [0.29, 0.717) is 35.9 Å². The summed E-state index contributed by atoms with van der Waals surface area (Å²) in [6.07, 6.45) is 8.91. The molecule has 29 heavy (non-hydrogen) atoms. The quantitative estimate of drug-likeness (QED) is 0.698. The van der Waals surface area contributed by atoms with E-state index in [1.54, 1.807) is 7.11 Å². The summed E-state index contributed by atoms with van der Waals surface area (Å²) in [6, 6.07) is 6.60.